The molecular formula is C14H18N2O4. The summed E-state index contributed by atoms with van der Waals surface area (Å²) in [4.78, 5) is 23.0. The maximum absolute atomic E-state index is 12.0. The van der Waals surface area contributed by atoms with Crippen molar-refractivity contribution < 1.29 is 19.4 Å². The van der Waals surface area contributed by atoms with Gasteiger partial charge in [-0.3, -0.25) is 9.59 Å². The third-order valence-corrected chi connectivity index (χ3v) is 3.11. The minimum atomic E-state index is -0.480. The molecule has 0 aromatic heterocycles. The summed E-state index contributed by atoms with van der Waals surface area (Å²) in [5.74, 6) is 0.249. The molecule has 2 rings (SSSR count). The van der Waals surface area contributed by atoms with Crippen LogP contribution in [0.25, 0.3) is 0 Å². The highest BCUT2D eigenvalue weighted by Gasteiger charge is 2.27. The number of carbonyl (C=O) groups is 2. The lowest BCUT2D eigenvalue weighted by Crippen LogP contribution is -2.37. The molecule has 0 radical (unpaired) electrons. The van der Waals surface area contributed by atoms with E-state index in [1.165, 1.54) is 0 Å². The van der Waals surface area contributed by atoms with E-state index in [0.29, 0.717) is 36.4 Å². The third kappa shape index (κ3) is 3.27. The van der Waals surface area contributed by atoms with Gasteiger partial charge in [0.15, 0.2) is 0 Å². The molecule has 0 bridgehead atoms. The maximum atomic E-state index is 12.0. The van der Waals surface area contributed by atoms with Gasteiger partial charge in [0.1, 0.15) is 11.8 Å². The van der Waals surface area contributed by atoms with Gasteiger partial charge in [-0.1, -0.05) is 0 Å². The van der Waals surface area contributed by atoms with Crippen LogP contribution in [0.2, 0.25) is 0 Å². The number of hydrogen-bond acceptors (Lipinski definition) is 4. The molecule has 0 spiro atoms. The van der Waals surface area contributed by atoms with E-state index in [1.54, 1.807) is 18.2 Å². The van der Waals surface area contributed by atoms with Gasteiger partial charge in [0.05, 0.1) is 13.2 Å². The van der Waals surface area contributed by atoms with Crippen LogP contribution in [0.4, 0.5) is 5.69 Å². The van der Waals surface area contributed by atoms with Crippen LogP contribution in [-0.2, 0) is 16.2 Å². The van der Waals surface area contributed by atoms with Crippen molar-refractivity contribution in [1.82, 2.24) is 5.32 Å². The lowest BCUT2D eigenvalue weighted by atomic mass is 10.1. The van der Waals surface area contributed by atoms with Crippen molar-refractivity contribution in [1.29, 1.82) is 0 Å². The summed E-state index contributed by atoms with van der Waals surface area (Å²) >= 11 is 0. The molecular weight excluding hydrogens is 260 g/mol. The molecule has 0 unspecified atom stereocenters. The quantitative estimate of drug-likeness (QED) is 0.743. The minimum Gasteiger partial charge on any atom is -0.494 e. The van der Waals surface area contributed by atoms with Crippen molar-refractivity contribution in [2.75, 3.05) is 11.9 Å². The number of aliphatic hydroxyl groups excluding tert-OH is 1. The summed E-state index contributed by atoms with van der Waals surface area (Å²) in [6.45, 7) is 2.20. The van der Waals surface area contributed by atoms with Crippen LogP contribution in [-0.4, -0.2) is 29.6 Å². The molecule has 1 aliphatic rings. The normalized spacial score (nSPS) is 17.7. The summed E-state index contributed by atoms with van der Waals surface area (Å²) in [5.41, 5.74) is 1.18. The number of benzene rings is 1. The molecule has 6 heteroatoms. The molecule has 1 heterocycles. The van der Waals surface area contributed by atoms with Gasteiger partial charge in [-0.15, -0.1) is 0 Å². The molecule has 1 atom stereocenters. The fraction of sp³-hybridized carbons (Fsp3) is 0.429. The predicted molar refractivity (Wildman–Crippen MR) is 73.3 cm³/mol. The number of anilines is 1. The first-order chi connectivity index (χ1) is 9.63. The molecule has 6 nitrogen and oxygen atoms in total. The molecule has 20 heavy (non-hydrogen) atoms. The van der Waals surface area contributed by atoms with E-state index in [0.717, 1.165) is 0 Å². The Balaban J connectivity index is 2.05. The van der Waals surface area contributed by atoms with Crippen LogP contribution in [0.1, 0.15) is 25.3 Å². The first-order valence-corrected chi connectivity index (χ1v) is 6.61. The van der Waals surface area contributed by atoms with Gasteiger partial charge in [-0.2, -0.15) is 0 Å². The Morgan fingerprint density at radius 2 is 2.35 bits per heavy atom. The number of ether oxygens (including phenoxy) is 1. The van der Waals surface area contributed by atoms with Crippen LogP contribution in [0.5, 0.6) is 5.75 Å². The van der Waals surface area contributed by atoms with Crippen molar-refractivity contribution in [3.8, 4) is 5.75 Å². The molecule has 2 amide bonds. The van der Waals surface area contributed by atoms with Gasteiger partial charge in [-0.25, -0.2) is 0 Å². The second kappa shape index (κ2) is 6.38. The fourth-order valence-corrected chi connectivity index (χ4v) is 2.12. The Morgan fingerprint density at radius 1 is 1.55 bits per heavy atom. The van der Waals surface area contributed by atoms with Crippen molar-refractivity contribution in [3.05, 3.63) is 23.8 Å². The van der Waals surface area contributed by atoms with Crippen molar-refractivity contribution in [2.45, 2.75) is 32.4 Å². The van der Waals surface area contributed by atoms with Gasteiger partial charge in [0, 0.05) is 17.7 Å². The average Bonchev–Trinajstić information content (AvgIpc) is 2.87. The van der Waals surface area contributed by atoms with E-state index in [9.17, 15) is 14.7 Å². The number of rotatable bonds is 5. The van der Waals surface area contributed by atoms with E-state index in [2.05, 4.69) is 10.6 Å². The summed E-state index contributed by atoms with van der Waals surface area (Å²) in [5, 5.41) is 14.6. The van der Waals surface area contributed by atoms with Crippen LogP contribution >= 0.6 is 0 Å². The molecule has 1 aromatic carbocycles. The van der Waals surface area contributed by atoms with Crippen LogP contribution in [0.3, 0.4) is 0 Å². The second-order valence-electron chi connectivity index (χ2n) is 4.56. The highest BCUT2D eigenvalue weighted by atomic mass is 16.5. The van der Waals surface area contributed by atoms with Crippen LogP contribution in [0, 0.1) is 0 Å². The molecule has 1 aromatic rings. The summed E-state index contributed by atoms with van der Waals surface area (Å²) < 4.78 is 5.37. The number of hydrogen-bond donors (Lipinski definition) is 3. The van der Waals surface area contributed by atoms with Gasteiger partial charge < -0.3 is 20.5 Å². The Kier molecular flexibility index (Phi) is 4.57. The zero-order chi connectivity index (χ0) is 14.5. The van der Waals surface area contributed by atoms with Crippen LogP contribution < -0.4 is 15.4 Å². The smallest absolute Gasteiger partial charge is 0.246 e. The zero-order valence-corrected chi connectivity index (χ0v) is 11.3. The predicted octanol–water partition coefficient (Wildman–Crippen LogP) is 0.795. The van der Waals surface area contributed by atoms with E-state index < -0.39 is 6.04 Å². The maximum Gasteiger partial charge on any atom is 0.246 e. The Morgan fingerprint density at radius 3 is 2.95 bits per heavy atom. The first-order valence-electron chi connectivity index (χ1n) is 6.61. The van der Waals surface area contributed by atoms with Crippen molar-refractivity contribution in [2.24, 2.45) is 0 Å². The standard InChI is InChI=1S/C14H18N2O4/c1-2-20-12-5-3-10(7-9(12)8-17)15-14(19)11-4-6-13(18)16-11/h3,5,7,11,17H,2,4,6,8H2,1H3,(H,15,19)(H,16,18)/t11-/m1/s1. The van der Waals surface area contributed by atoms with E-state index in [-0.39, 0.29) is 18.4 Å². The molecule has 1 saturated heterocycles. The number of amides is 2. The molecule has 0 aliphatic carbocycles. The monoisotopic (exact) mass is 278 g/mol. The molecule has 3 N–H and O–H groups in total. The SMILES string of the molecule is CCOc1ccc(NC(=O)[C@H]2CCC(=O)N2)cc1CO. The third-order valence-electron chi connectivity index (χ3n) is 3.11. The molecule has 1 aliphatic heterocycles. The number of nitrogens with one attached hydrogen (secondary N) is 2. The molecule has 1 fully saturated rings. The Hall–Kier alpha value is -2.08. The topological polar surface area (TPSA) is 87.7 Å². The van der Waals surface area contributed by atoms with E-state index in [1.807, 2.05) is 6.92 Å². The summed E-state index contributed by atoms with van der Waals surface area (Å²) in [6, 6.07) is 4.60. The van der Waals surface area contributed by atoms with E-state index >= 15 is 0 Å². The molecule has 0 saturated carbocycles. The first kappa shape index (κ1) is 14.3. The van der Waals surface area contributed by atoms with Gasteiger partial charge >= 0.3 is 0 Å². The van der Waals surface area contributed by atoms with Gasteiger partial charge in [-0.05, 0) is 31.5 Å². The highest BCUT2D eigenvalue weighted by Crippen LogP contribution is 2.23. The second-order valence-corrected chi connectivity index (χ2v) is 4.56. The minimum absolute atomic E-state index is 0.104. The zero-order valence-electron chi connectivity index (χ0n) is 11.3. The van der Waals surface area contributed by atoms with Crippen LogP contribution in [0.15, 0.2) is 18.2 Å². The van der Waals surface area contributed by atoms with Gasteiger partial charge in [0.25, 0.3) is 0 Å². The summed E-state index contributed by atoms with van der Waals surface area (Å²) in [7, 11) is 0. The average molecular weight is 278 g/mol. The van der Waals surface area contributed by atoms with E-state index in [4.69, 9.17) is 4.74 Å². The number of aliphatic hydroxyl groups is 1. The Labute approximate surface area is 117 Å². The van der Waals surface area contributed by atoms with Gasteiger partial charge in [0.2, 0.25) is 11.8 Å². The highest BCUT2D eigenvalue weighted by molar-refractivity contribution is 5.99. The summed E-state index contributed by atoms with van der Waals surface area (Å²) in [6.07, 6.45) is 0.887. The largest absolute Gasteiger partial charge is 0.494 e. The molecule has 108 valence electrons. The number of carbonyl (C=O) groups excluding carboxylic acids is 2. The van der Waals surface area contributed by atoms with Crippen molar-refractivity contribution >= 4 is 17.5 Å². The lowest BCUT2D eigenvalue weighted by Gasteiger charge is -2.13. The Bertz CT molecular complexity index is 516. The fourth-order valence-electron chi connectivity index (χ4n) is 2.12. The lowest BCUT2D eigenvalue weighted by molar-refractivity contribution is -0.122. The van der Waals surface area contributed by atoms with Crippen molar-refractivity contribution in [3.63, 3.8) is 0 Å².